The highest BCUT2D eigenvalue weighted by molar-refractivity contribution is 6.04. The van der Waals surface area contributed by atoms with Gasteiger partial charge in [0.1, 0.15) is 5.82 Å². The van der Waals surface area contributed by atoms with Crippen molar-refractivity contribution in [3.63, 3.8) is 0 Å². The molecule has 112 valence electrons. The quantitative estimate of drug-likeness (QED) is 0.922. The molecule has 22 heavy (non-hydrogen) atoms. The number of nitrogens with zero attached hydrogens (tertiary/aromatic N) is 1. The Balaban J connectivity index is 1.98. The third-order valence-corrected chi connectivity index (χ3v) is 3.90. The molecule has 0 atom stereocenters. The van der Waals surface area contributed by atoms with Crippen LogP contribution in [0.5, 0.6) is 0 Å². The standard InChI is InChI=1S/C18H17FN2O/c1-2-12-5-3-4-6-14(12)15-8-7-13(11-16(15)19)17-9-10-18(22)21-20-17/h3-8,11H,2,9-10H2,1H3,(H,21,22). The van der Waals surface area contributed by atoms with Crippen molar-refractivity contribution in [1.29, 1.82) is 0 Å². The van der Waals surface area contributed by atoms with Crippen molar-refractivity contribution in [3.8, 4) is 11.1 Å². The fourth-order valence-corrected chi connectivity index (χ4v) is 2.69. The second-order valence-electron chi connectivity index (χ2n) is 5.30. The van der Waals surface area contributed by atoms with E-state index in [1.54, 1.807) is 6.07 Å². The lowest BCUT2D eigenvalue weighted by atomic mass is 9.95. The van der Waals surface area contributed by atoms with Gasteiger partial charge in [-0.15, -0.1) is 0 Å². The molecule has 0 saturated carbocycles. The van der Waals surface area contributed by atoms with E-state index in [0.29, 0.717) is 24.1 Å². The van der Waals surface area contributed by atoms with Crippen molar-refractivity contribution >= 4 is 11.6 Å². The molecule has 2 aromatic rings. The highest BCUT2D eigenvalue weighted by atomic mass is 19.1. The van der Waals surface area contributed by atoms with Crippen LogP contribution in [0.3, 0.4) is 0 Å². The molecule has 0 spiro atoms. The molecule has 0 aliphatic carbocycles. The first kappa shape index (κ1) is 14.4. The van der Waals surface area contributed by atoms with Crippen LogP contribution in [0.2, 0.25) is 0 Å². The van der Waals surface area contributed by atoms with Crippen LogP contribution in [0.1, 0.15) is 30.9 Å². The van der Waals surface area contributed by atoms with Crippen LogP contribution >= 0.6 is 0 Å². The Hall–Kier alpha value is -2.49. The number of carbonyl (C=O) groups excluding carboxylic acids is 1. The lowest BCUT2D eigenvalue weighted by molar-refractivity contribution is -0.121. The van der Waals surface area contributed by atoms with Crippen LogP contribution in [-0.4, -0.2) is 11.6 Å². The summed E-state index contributed by atoms with van der Waals surface area (Å²) in [6.45, 7) is 2.06. The first-order valence-corrected chi connectivity index (χ1v) is 7.42. The van der Waals surface area contributed by atoms with Gasteiger partial charge in [-0.05, 0) is 23.6 Å². The van der Waals surface area contributed by atoms with E-state index in [-0.39, 0.29) is 11.7 Å². The van der Waals surface area contributed by atoms with Gasteiger partial charge in [0.2, 0.25) is 5.91 Å². The molecule has 1 aliphatic rings. The second kappa shape index (κ2) is 6.10. The number of hydrogen-bond donors (Lipinski definition) is 1. The Labute approximate surface area is 128 Å². The number of rotatable bonds is 3. The predicted octanol–water partition coefficient (Wildman–Crippen LogP) is 3.67. The third-order valence-electron chi connectivity index (χ3n) is 3.90. The average Bonchev–Trinajstić information content (AvgIpc) is 2.55. The minimum atomic E-state index is -0.266. The zero-order valence-corrected chi connectivity index (χ0v) is 12.4. The second-order valence-corrected chi connectivity index (χ2v) is 5.30. The average molecular weight is 296 g/mol. The largest absolute Gasteiger partial charge is 0.273 e. The Kier molecular flexibility index (Phi) is 4.00. The molecule has 0 bridgehead atoms. The Morgan fingerprint density at radius 3 is 2.64 bits per heavy atom. The molecule has 2 aromatic carbocycles. The summed E-state index contributed by atoms with van der Waals surface area (Å²) in [5.41, 5.74) is 6.52. The molecular weight excluding hydrogens is 279 g/mol. The highest BCUT2D eigenvalue weighted by Crippen LogP contribution is 2.28. The van der Waals surface area contributed by atoms with Gasteiger partial charge >= 0.3 is 0 Å². The van der Waals surface area contributed by atoms with E-state index in [1.807, 2.05) is 30.3 Å². The fourth-order valence-electron chi connectivity index (χ4n) is 2.69. The van der Waals surface area contributed by atoms with Crippen LogP contribution in [0.4, 0.5) is 4.39 Å². The number of carbonyl (C=O) groups is 1. The summed E-state index contributed by atoms with van der Waals surface area (Å²) in [6.07, 6.45) is 1.78. The molecule has 3 rings (SSSR count). The van der Waals surface area contributed by atoms with E-state index in [0.717, 1.165) is 23.1 Å². The van der Waals surface area contributed by atoms with Crippen LogP contribution in [0.25, 0.3) is 11.1 Å². The minimum absolute atomic E-state index is 0.0993. The number of hydrogen-bond acceptors (Lipinski definition) is 2. The Morgan fingerprint density at radius 1 is 1.14 bits per heavy atom. The summed E-state index contributed by atoms with van der Waals surface area (Å²) in [5, 5.41) is 4.01. The topological polar surface area (TPSA) is 41.5 Å². The molecule has 1 aliphatic heterocycles. The summed E-state index contributed by atoms with van der Waals surface area (Å²) < 4.78 is 14.5. The van der Waals surface area contributed by atoms with Crippen molar-refractivity contribution in [2.45, 2.75) is 26.2 Å². The summed E-state index contributed by atoms with van der Waals surface area (Å²) in [5.74, 6) is -0.365. The molecule has 0 radical (unpaired) electrons. The van der Waals surface area contributed by atoms with Gasteiger partial charge in [-0.2, -0.15) is 5.10 Å². The van der Waals surface area contributed by atoms with Crippen molar-refractivity contribution in [2.24, 2.45) is 5.10 Å². The number of hydrazone groups is 1. The lowest BCUT2D eigenvalue weighted by Gasteiger charge is -2.14. The monoisotopic (exact) mass is 296 g/mol. The first-order valence-electron chi connectivity index (χ1n) is 7.42. The zero-order valence-electron chi connectivity index (χ0n) is 12.4. The molecule has 1 N–H and O–H groups in total. The van der Waals surface area contributed by atoms with E-state index < -0.39 is 0 Å². The third kappa shape index (κ3) is 2.77. The molecule has 0 fully saturated rings. The van der Waals surface area contributed by atoms with Crippen molar-refractivity contribution in [2.75, 3.05) is 0 Å². The number of aryl methyl sites for hydroxylation is 1. The van der Waals surface area contributed by atoms with Crippen molar-refractivity contribution in [1.82, 2.24) is 5.43 Å². The van der Waals surface area contributed by atoms with E-state index in [1.165, 1.54) is 6.07 Å². The maximum Gasteiger partial charge on any atom is 0.240 e. The summed E-state index contributed by atoms with van der Waals surface area (Å²) >= 11 is 0. The Morgan fingerprint density at radius 2 is 1.95 bits per heavy atom. The van der Waals surface area contributed by atoms with Gasteiger partial charge in [0.05, 0.1) is 5.71 Å². The van der Waals surface area contributed by atoms with E-state index in [2.05, 4.69) is 17.5 Å². The van der Waals surface area contributed by atoms with Crippen LogP contribution < -0.4 is 5.43 Å². The number of halogens is 1. The van der Waals surface area contributed by atoms with E-state index in [9.17, 15) is 9.18 Å². The van der Waals surface area contributed by atoms with E-state index in [4.69, 9.17) is 0 Å². The smallest absolute Gasteiger partial charge is 0.240 e. The van der Waals surface area contributed by atoms with Gasteiger partial charge in [-0.3, -0.25) is 4.79 Å². The van der Waals surface area contributed by atoms with E-state index >= 15 is 0 Å². The molecule has 4 heteroatoms. The Bertz CT molecular complexity index is 753. The SMILES string of the molecule is CCc1ccccc1-c1ccc(C2=NNC(=O)CC2)cc1F. The van der Waals surface area contributed by atoms with Gasteiger partial charge in [-0.1, -0.05) is 43.3 Å². The maximum atomic E-state index is 14.5. The summed E-state index contributed by atoms with van der Waals surface area (Å²) in [6, 6.07) is 13.0. The van der Waals surface area contributed by atoms with Gasteiger partial charge in [0, 0.05) is 24.0 Å². The highest BCUT2D eigenvalue weighted by Gasteiger charge is 2.16. The number of amides is 1. The maximum absolute atomic E-state index is 14.5. The molecule has 0 aromatic heterocycles. The van der Waals surface area contributed by atoms with Gasteiger partial charge in [0.25, 0.3) is 0 Å². The number of nitrogens with one attached hydrogen (secondary N) is 1. The molecular formula is C18H17FN2O. The zero-order chi connectivity index (χ0) is 15.5. The first-order chi connectivity index (χ1) is 10.7. The number of benzene rings is 2. The summed E-state index contributed by atoms with van der Waals surface area (Å²) in [7, 11) is 0. The summed E-state index contributed by atoms with van der Waals surface area (Å²) in [4.78, 5) is 11.1. The van der Waals surface area contributed by atoms with Crippen LogP contribution in [-0.2, 0) is 11.2 Å². The van der Waals surface area contributed by atoms with Crippen LogP contribution in [0.15, 0.2) is 47.6 Å². The molecule has 0 unspecified atom stereocenters. The molecule has 3 nitrogen and oxygen atoms in total. The normalized spacial score (nSPS) is 14.5. The molecule has 0 saturated heterocycles. The molecule has 1 amide bonds. The predicted molar refractivity (Wildman–Crippen MR) is 85.1 cm³/mol. The van der Waals surface area contributed by atoms with Crippen molar-refractivity contribution < 1.29 is 9.18 Å². The van der Waals surface area contributed by atoms with Gasteiger partial charge in [-0.25, -0.2) is 9.82 Å². The van der Waals surface area contributed by atoms with Crippen molar-refractivity contribution in [3.05, 3.63) is 59.4 Å². The fraction of sp³-hybridized carbons (Fsp3) is 0.222. The van der Waals surface area contributed by atoms with Crippen LogP contribution in [0, 0.1) is 5.82 Å². The molecule has 1 heterocycles. The minimum Gasteiger partial charge on any atom is -0.273 e. The van der Waals surface area contributed by atoms with Gasteiger partial charge < -0.3 is 0 Å². The lowest BCUT2D eigenvalue weighted by Crippen LogP contribution is -2.25. The van der Waals surface area contributed by atoms with Gasteiger partial charge in [0.15, 0.2) is 0 Å².